The lowest BCUT2D eigenvalue weighted by molar-refractivity contribution is -0.117. The second kappa shape index (κ2) is 7.06. The minimum Gasteiger partial charge on any atom is -0.361 e. The van der Waals surface area contributed by atoms with Crippen LogP contribution in [-0.4, -0.2) is 24.9 Å². The van der Waals surface area contributed by atoms with Gasteiger partial charge in [0.05, 0.1) is 17.4 Å². The molecule has 3 rings (SSSR count). The summed E-state index contributed by atoms with van der Waals surface area (Å²) < 4.78 is 0. The summed E-state index contributed by atoms with van der Waals surface area (Å²) in [4.78, 5) is 27.0. The van der Waals surface area contributed by atoms with Gasteiger partial charge in [0.25, 0.3) is 5.91 Å². The molecule has 0 aromatic heterocycles. The van der Waals surface area contributed by atoms with E-state index in [4.69, 9.17) is 0 Å². The first kappa shape index (κ1) is 19.0. The van der Waals surface area contributed by atoms with Gasteiger partial charge in [-0.2, -0.15) is 0 Å². The van der Waals surface area contributed by atoms with E-state index in [1.165, 1.54) is 0 Å². The fourth-order valence-corrected chi connectivity index (χ4v) is 3.37. The highest BCUT2D eigenvalue weighted by atomic mass is 16.2. The van der Waals surface area contributed by atoms with Crippen molar-refractivity contribution in [2.45, 2.75) is 39.8 Å². The molecule has 27 heavy (non-hydrogen) atoms. The van der Waals surface area contributed by atoms with Crippen LogP contribution in [-0.2, 0) is 4.79 Å². The number of fused-ring (bicyclic) bond motifs is 1. The summed E-state index contributed by atoms with van der Waals surface area (Å²) in [7, 11) is 1.88. The van der Waals surface area contributed by atoms with Crippen molar-refractivity contribution in [1.82, 2.24) is 5.32 Å². The quantitative estimate of drug-likeness (QED) is 0.865. The van der Waals surface area contributed by atoms with Crippen molar-refractivity contribution in [3.8, 4) is 0 Å². The molecule has 0 saturated carbocycles. The minimum absolute atomic E-state index is 0.0700. The summed E-state index contributed by atoms with van der Waals surface area (Å²) >= 11 is 0. The molecule has 0 spiro atoms. The third-order valence-electron chi connectivity index (χ3n) is 5.13. The van der Waals surface area contributed by atoms with Gasteiger partial charge in [-0.25, -0.2) is 0 Å². The number of amides is 2. The Morgan fingerprint density at radius 2 is 1.81 bits per heavy atom. The summed E-state index contributed by atoms with van der Waals surface area (Å²) in [6, 6.07) is 15.1. The Labute approximate surface area is 160 Å². The Morgan fingerprint density at radius 3 is 2.44 bits per heavy atom. The van der Waals surface area contributed by atoms with Crippen molar-refractivity contribution >= 4 is 23.2 Å². The van der Waals surface area contributed by atoms with Crippen LogP contribution in [0.2, 0.25) is 0 Å². The average molecular weight is 365 g/mol. The number of hydrogen-bond acceptors (Lipinski definition) is 3. The molecule has 5 nitrogen and oxygen atoms in total. The van der Waals surface area contributed by atoms with Crippen LogP contribution in [0.4, 0.5) is 11.4 Å². The standard InChI is InChI=1S/C22H27N3O2/c1-14-20(26)23-17-13-16(11-12-18(17)25(14)5)21(27)24-19(22(2,3)4)15-9-7-6-8-10-15/h6-14,19H,1-5H3,(H,23,26)(H,24,27)/t14-,19-/m0/s1. The molecule has 1 heterocycles. The molecule has 0 fully saturated rings. The molecule has 142 valence electrons. The van der Waals surface area contributed by atoms with E-state index in [1.807, 2.05) is 55.3 Å². The fourth-order valence-electron chi connectivity index (χ4n) is 3.37. The van der Waals surface area contributed by atoms with Crippen LogP contribution in [0.25, 0.3) is 0 Å². The van der Waals surface area contributed by atoms with Crippen LogP contribution in [0.15, 0.2) is 48.5 Å². The molecule has 0 aliphatic carbocycles. The molecule has 2 aromatic carbocycles. The highest BCUT2D eigenvalue weighted by Gasteiger charge is 2.30. The topological polar surface area (TPSA) is 61.4 Å². The second-order valence-electron chi connectivity index (χ2n) is 8.19. The van der Waals surface area contributed by atoms with E-state index in [9.17, 15) is 9.59 Å². The number of benzene rings is 2. The van der Waals surface area contributed by atoms with Crippen LogP contribution in [0, 0.1) is 5.41 Å². The zero-order valence-corrected chi connectivity index (χ0v) is 16.5. The molecule has 0 unspecified atom stereocenters. The lowest BCUT2D eigenvalue weighted by Crippen LogP contribution is -2.44. The molecule has 1 aliphatic rings. The second-order valence-corrected chi connectivity index (χ2v) is 8.19. The first-order valence-corrected chi connectivity index (χ1v) is 9.22. The molecule has 2 N–H and O–H groups in total. The van der Waals surface area contributed by atoms with Crippen LogP contribution in [0.5, 0.6) is 0 Å². The van der Waals surface area contributed by atoms with E-state index < -0.39 is 0 Å². The molecular formula is C22H27N3O2. The Kier molecular flexibility index (Phi) is 4.96. The number of rotatable bonds is 3. The lowest BCUT2D eigenvalue weighted by atomic mass is 9.82. The summed E-state index contributed by atoms with van der Waals surface area (Å²) in [5.74, 6) is -0.225. The smallest absolute Gasteiger partial charge is 0.251 e. The number of likely N-dealkylation sites (N-methyl/N-ethyl adjacent to an activating group) is 1. The Balaban J connectivity index is 1.88. The van der Waals surface area contributed by atoms with E-state index in [-0.39, 0.29) is 29.3 Å². The molecule has 5 heteroatoms. The first-order valence-electron chi connectivity index (χ1n) is 9.22. The molecular weight excluding hydrogens is 338 g/mol. The van der Waals surface area contributed by atoms with Crippen molar-refractivity contribution in [3.05, 3.63) is 59.7 Å². The molecule has 1 aliphatic heterocycles. The van der Waals surface area contributed by atoms with Gasteiger partial charge in [0.2, 0.25) is 5.91 Å². The molecule has 0 bridgehead atoms. The zero-order valence-electron chi connectivity index (χ0n) is 16.5. The number of nitrogens with zero attached hydrogens (tertiary/aromatic N) is 1. The van der Waals surface area contributed by atoms with Gasteiger partial charge >= 0.3 is 0 Å². The third-order valence-corrected chi connectivity index (χ3v) is 5.13. The molecule has 2 amide bonds. The minimum atomic E-state index is -0.236. The molecule has 2 aromatic rings. The van der Waals surface area contributed by atoms with E-state index >= 15 is 0 Å². The van der Waals surface area contributed by atoms with Gasteiger partial charge in [0, 0.05) is 12.6 Å². The van der Waals surface area contributed by atoms with Gasteiger partial charge in [-0.15, -0.1) is 0 Å². The Morgan fingerprint density at radius 1 is 1.15 bits per heavy atom. The summed E-state index contributed by atoms with van der Waals surface area (Å²) in [5.41, 5.74) is 3.03. The number of hydrogen-bond donors (Lipinski definition) is 2. The summed E-state index contributed by atoms with van der Waals surface area (Å²) in [5, 5.41) is 6.05. The van der Waals surface area contributed by atoms with E-state index in [2.05, 4.69) is 31.4 Å². The van der Waals surface area contributed by atoms with Crippen LogP contribution in [0.1, 0.15) is 49.7 Å². The first-order chi connectivity index (χ1) is 12.7. The highest BCUT2D eigenvalue weighted by molar-refractivity contribution is 6.05. The van der Waals surface area contributed by atoms with E-state index in [1.54, 1.807) is 12.1 Å². The SMILES string of the molecule is C[C@H]1C(=O)Nc2cc(C(=O)N[C@@H](c3ccccc3)C(C)(C)C)ccc2N1C. The Hall–Kier alpha value is -2.82. The van der Waals surface area contributed by atoms with Crippen molar-refractivity contribution in [3.63, 3.8) is 0 Å². The zero-order chi connectivity index (χ0) is 19.8. The van der Waals surface area contributed by atoms with Crippen molar-refractivity contribution in [2.24, 2.45) is 5.41 Å². The van der Waals surface area contributed by atoms with Crippen molar-refractivity contribution < 1.29 is 9.59 Å². The normalized spacial score (nSPS) is 17.7. The number of carbonyl (C=O) groups is 2. The third kappa shape index (κ3) is 3.82. The van der Waals surface area contributed by atoms with Gasteiger partial charge < -0.3 is 15.5 Å². The number of anilines is 2. The van der Waals surface area contributed by atoms with Gasteiger partial charge in [0.15, 0.2) is 0 Å². The van der Waals surface area contributed by atoms with E-state index in [0.717, 1.165) is 11.3 Å². The average Bonchev–Trinajstić information content (AvgIpc) is 2.63. The maximum absolute atomic E-state index is 13.0. The molecule has 0 radical (unpaired) electrons. The van der Waals surface area contributed by atoms with Crippen molar-refractivity contribution in [1.29, 1.82) is 0 Å². The van der Waals surface area contributed by atoms with Crippen LogP contribution in [0.3, 0.4) is 0 Å². The van der Waals surface area contributed by atoms with Gasteiger partial charge in [0.1, 0.15) is 6.04 Å². The highest BCUT2D eigenvalue weighted by Crippen LogP contribution is 2.34. The Bertz CT molecular complexity index is 856. The maximum atomic E-state index is 13.0. The largest absolute Gasteiger partial charge is 0.361 e. The molecule has 2 atom stereocenters. The van der Waals surface area contributed by atoms with Gasteiger partial charge in [-0.1, -0.05) is 51.1 Å². The predicted octanol–water partition coefficient (Wildman–Crippen LogP) is 3.98. The lowest BCUT2D eigenvalue weighted by Gasteiger charge is -2.34. The van der Waals surface area contributed by atoms with E-state index in [0.29, 0.717) is 11.3 Å². The molecule has 0 saturated heterocycles. The fraction of sp³-hybridized carbons (Fsp3) is 0.364. The maximum Gasteiger partial charge on any atom is 0.251 e. The summed E-state index contributed by atoms with van der Waals surface area (Å²) in [6.45, 7) is 8.17. The predicted molar refractivity (Wildman–Crippen MR) is 109 cm³/mol. The van der Waals surface area contributed by atoms with Gasteiger partial charge in [-0.3, -0.25) is 9.59 Å². The van der Waals surface area contributed by atoms with Crippen molar-refractivity contribution in [2.75, 3.05) is 17.3 Å². The monoisotopic (exact) mass is 365 g/mol. The van der Waals surface area contributed by atoms with Gasteiger partial charge in [-0.05, 0) is 36.1 Å². The van der Waals surface area contributed by atoms with Crippen LogP contribution >= 0.6 is 0 Å². The summed E-state index contributed by atoms with van der Waals surface area (Å²) in [6.07, 6.45) is 0. The number of nitrogens with one attached hydrogen (secondary N) is 2. The number of carbonyl (C=O) groups excluding carboxylic acids is 2. The van der Waals surface area contributed by atoms with Crippen LogP contribution < -0.4 is 15.5 Å².